The zero-order valence-corrected chi connectivity index (χ0v) is 45.2. The Morgan fingerprint density at radius 2 is 1.29 bits per heavy atom. The first kappa shape index (κ1) is 63.4. The molecule has 23 nitrogen and oxygen atoms in total. The molecule has 1 aromatic heterocycles. The van der Waals surface area contributed by atoms with Crippen LogP contribution < -0.4 is 59.7 Å². The van der Waals surface area contributed by atoms with Crippen molar-refractivity contribution in [3.05, 3.63) is 36.0 Å². The number of benzene rings is 1. The summed E-state index contributed by atoms with van der Waals surface area (Å²) >= 11 is 9.51. The molecule has 26 heteroatoms. The van der Waals surface area contributed by atoms with Crippen molar-refractivity contribution in [3.8, 4) is 0 Å². The van der Waals surface area contributed by atoms with Crippen molar-refractivity contribution in [2.75, 3.05) is 36.6 Å². The fourth-order valence-corrected chi connectivity index (χ4v) is 8.22. The molecule has 73 heavy (non-hydrogen) atoms. The number of hydrogen-bond donors (Lipinski definition) is 15. The van der Waals surface area contributed by atoms with E-state index in [0.717, 1.165) is 10.9 Å². The minimum absolute atomic E-state index is 0.0242. The highest BCUT2D eigenvalue weighted by Gasteiger charge is 2.35. The van der Waals surface area contributed by atoms with E-state index in [-0.39, 0.29) is 67.9 Å². The van der Waals surface area contributed by atoms with Crippen molar-refractivity contribution >= 4 is 107 Å². The second-order valence-corrected chi connectivity index (χ2v) is 20.1. The number of thiol groups is 2. The van der Waals surface area contributed by atoms with Crippen LogP contribution in [0.3, 0.4) is 0 Å². The number of para-hydroxylation sites is 1. The Hall–Kier alpha value is -5.73. The third-order valence-electron chi connectivity index (χ3n) is 11.7. The number of aromatic nitrogens is 1. The van der Waals surface area contributed by atoms with Crippen LogP contribution in [-0.4, -0.2) is 154 Å². The molecule has 0 radical (unpaired) electrons. The average molecular weight is 1080 g/mol. The molecule has 0 saturated heterocycles. The van der Waals surface area contributed by atoms with E-state index in [4.69, 9.17) is 17.2 Å². The summed E-state index contributed by atoms with van der Waals surface area (Å²) in [5, 5.41) is 31.4. The predicted molar refractivity (Wildman–Crippen MR) is 289 cm³/mol. The largest absolute Gasteiger partial charge is 0.480 e. The van der Waals surface area contributed by atoms with Gasteiger partial charge in [0.1, 0.15) is 42.3 Å². The number of fused-ring (bicyclic) bond motifs is 1. The van der Waals surface area contributed by atoms with Gasteiger partial charge in [0.2, 0.25) is 47.3 Å². The molecule has 0 bridgehead atoms. The van der Waals surface area contributed by atoms with E-state index in [0.29, 0.717) is 17.7 Å². The van der Waals surface area contributed by atoms with Gasteiger partial charge in [-0.3, -0.25) is 43.3 Å². The average Bonchev–Trinajstić information content (AvgIpc) is 3.75. The van der Waals surface area contributed by atoms with Crippen molar-refractivity contribution in [3.63, 3.8) is 0 Å². The van der Waals surface area contributed by atoms with Crippen molar-refractivity contribution in [2.24, 2.45) is 39.9 Å². The fourth-order valence-electron chi connectivity index (χ4n) is 7.33. The van der Waals surface area contributed by atoms with Crippen molar-refractivity contribution < 1.29 is 48.3 Å². The number of aromatic amines is 1. The lowest BCUT2D eigenvalue weighted by molar-refractivity contribution is -0.141. The highest BCUT2D eigenvalue weighted by atomic mass is 32.2. The van der Waals surface area contributed by atoms with Gasteiger partial charge in [-0.25, -0.2) is 4.79 Å². The van der Waals surface area contributed by atoms with E-state index >= 15 is 0 Å². The van der Waals surface area contributed by atoms with Gasteiger partial charge in [-0.1, -0.05) is 66.2 Å². The lowest BCUT2D eigenvalue weighted by Crippen LogP contribution is -2.61. The Morgan fingerprint density at radius 1 is 0.712 bits per heavy atom. The zero-order chi connectivity index (χ0) is 54.9. The van der Waals surface area contributed by atoms with Crippen LogP contribution in [0.4, 0.5) is 0 Å². The number of amides is 8. The summed E-state index contributed by atoms with van der Waals surface area (Å²) in [6, 6.07) is -2.20. The summed E-state index contributed by atoms with van der Waals surface area (Å²) in [5.41, 5.74) is 18.1. The molecule has 2 aromatic rings. The molecule has 408 valence electrons. The van der Waals surface area contributed by atoms with Gasteiger partial charge in [0.25, 0.3) is 0 Å². The lowest BCUT2D eigenvalue weighted by atomic mass is 9.96. The van der Waals surface area contributed by atoms with Gasteiger partial charge in [0.15, 0.2) is 5.96 Å². The molecule has 16 N–H and O–H groups in total. The monoisotopic (exact) mass is 1080 g/mol. The minimum Gasteiger partial charge on any atom is -0.480 e. The Kier molecular flexibility index (Phi) is 28.2. The van der Waals surface area contributed by atoms with Crippen molar-refractivity contribution in [2.45, 2.75) is 128 Å². The molecule has 1 aromatic carbocycles. The van der Waals surface area contributed by atoms with Crippen LogP contribution in [0.15, 0.2) is 35.5 Å². The summed E-state index contributed by atoms with van der Waals surface area (Å²) < 4.78 is 0. The Morgan fingerprint density at radius 3 is 1.86 bits per heavy atom. The second-order valence-electron chi connectivity index (χ2n) is 18.4. The molecule has 9 atom stereocenters. The molecule has 0 aliphatic rings. The number of aliphatic carboxylic acids is 1. The van der Waals surface area contributed by atoms with Gasteiger partial charge >= 0.3 is 5.97 Å². The van der Waals surface area contributed by atoms with Crippen LogP contribution in [0.5, 0.6) is 0 Å². The van der Waals surface area contributed by atoms with Gasteiger partial charge in [-0.2, -0.15) is 37.0 Å². The Balaban J connectivity index is 2.35. The summed E-state index contributed by atoms with van der Waals surface area (Å²) in [5.74, 6) is -7.94. The highest BCUT2D eigenvalue weighted by Crippen LogP contribution is 2.20. The summed E-state index contributed by atoms with van der Waals surface area (Å²) in [4.78, 5) is 128. The van der Waals surface area contributed by atoms with Gasteiger partial charge < -0.3 is 69.8 Å². The number of nitrogens with zero attached hydrogens (tertiary/aromatic N) is 1. The number of nitrogens with one attached hydrogen (secondary N) is 9. The summed E-state index contributed by atoms with van der Waals surface area (Å²) in [7, 11) is 0. The van der Waals surface area contributed by atoms with Crippen LogP contribution >= 0.6 is 37.0 Å². The number of thioether (sulfide) groups is 1. The van der Waals surface area contributed by atoms with E-state index in [1.165, 1.54) is 11.8 Å². The van der Waals surface area contributed by atoms with Crippen molar-refractivity contribution in [1.29, 1.82) is 0 Å². The van der Waals surface area contributed by atoms with E-state index < -0.39 is 114 Å². The summed E-state index contributed by atoms with van der Waals surface area (Å²) in [6.45, 7) is 10.1. The molecule has 0 aliphatic heterocycles. The summed E-state index contributed by atoms with van der Waals surface area (Å²) in [6.07, 6.45) is 4.38. The molecule has 0 spiro atoms. The third kappa shape index (κ3) is 21.7. The van der Waals surface area contributed by atoms with Gasteiger partial charge in [-0.05, 0) is 67.1 Å². The standard InChI is InChI=1S/C47H77N13O10S3/c1-8-26(6)38(60-39(62)29(48)22-71)45(68)59-37(25(4)5)44(67)56-32(15-17-73-7)42(65)57-33(18-24(2)3)40(63)53-21-36(61)54-34(19-27-20-52-30-13-10-9-12-28(27)30)43(66)55-31(14-11-16-51-47(49)50)41(64)58-35(23-72)46(69)70/h9-10,12-13,20,24-26,29,31-35,37-38,52,71-72H,8,11,14-19,21-23,48H2,1-7H3,(H,53,63)(H,54,61)(H,55,66)(H,56,67)(H,57,65)(H,58,64)(H,59,68)(H,60,62)(H,69,70)(H4,49,50,51)/t26-,29-,31-,32-,33-,34-,35-,37-,38-/m0/s1. The lowest BCUT2D eigenvalue weighted by Gasteiger charge is -2.30. The van der Waals surface area contributed by atoms with Gasteiger partial charge in [-0.15, -0.1) is 0 Å². The molecule has 2 rings (SSSR count). The Bertz CT molecular complexity index is 2210. The van der Waals surface area contributed by atoms with E-state index in [9.17, 15) is 48.3 Å². The van der Waals surface area contributed by atoms with Crippen LogP contribution in [0.25, 0.3) is 10.9 Å². The highest BCUT2D eigenvalue weighted by molar-refractivity contribution is 7.98. The molecular formula is C47H77N13O10S3. The topological polar surface area (TPSA) is 376 Å². The smallest absolute Gasteiger partial charge is 0.327 e. The number of carboxylic acid groups (broad SMARTS) is 1. The molecule has 0 aliphatic carbocycles. The number of guanidine groups is 1. The SMILES string of the molecule is CC[C@H](C)[C@H](NC(=O)[C@@H](N)CS)C(=O)N[C@H](C(=O)N[C@@H](CCSC)C(=O)N[C@@H](CC(C)C)C(=O)NCC(=O)N[C@@H](Cc1c[nH]c2ccccc12)C(=O)N[C@@H](CCCN=C(N)N)C(=O)N[C@@H](CS)C(=O)O)C(C)C. The van der Waals surface area contributed by atoms with E-state index in [2.05, 4.69) is 77.8 Å². The third-order valence-corrected chi connectivity index (χ3v) is 13.1. The van der Waals surface area contributed by atoms with Crippen LogP contribution in [-0.2, 0) is 49.6 Å². The van der Waals surface area contributed by atoms with Gasteiger partial charge in [0, 0.05) is 41.6 Å². The van der Waals surface area contributed by atoms with E-state index in [1.54, 1.807) is 33.0 Å². The first-order valence-electron chi connectivity index (χ1n) is 24.2. The van der Waals surface area contributed by atoms with E-state index in [1.807, 2.05) is 45.2 Å². The molecule has 1 heterocycles. The molecular weight excluding hydrogens is 1000 g/mol. The molecule has 0 fully saturated rings. The predicted octanol–water partition coefficient (Wildman–Crippen LogP) is -0.953. The maximum absolute atomic E-state index is 14.1. The number of H-pyrrole nitrogens is 1. The van der Waals surface area contributed by atoms with Crippen LogP contribution in [0.1, 0.15) is 79.2 Å². The Labute approximate surface area is 442 Å². The number of aliphatic imine (C=N–C) groups is 1. The normalized spacial score (nSPS) is 15.0. The van der Waals surface area contributed by atoms with Gasteiger partial charge in [0.05, 0.1) is 12.6 Å². The maximum Gasteiger partial charge on any atom is 0.327 e. The van der Waals surface area contributed by atoms with Crippen LogP contribution in [0, 0.1) is 17.8 Å². The van der Waals surface area contributed by atoms with Crippen molar-refractivity contribution in [1.82, 2.24) is 47.5 Å². The molecule has 0 saturated carbocycles. The number of carbonyl (C=O) groups is 9. The number of nitrogens with two attached hydrogens (primary N) is 3. The number of rotatable bonds is 33. The minimum atomic E-state index is -1.38. The first-order chi connectivity index (χ1) is 34.5. The first-order valence-corrected chi connectivity index (χ1v) is 26.8. The maximum atomic E-state index is 14.1. The number of carbonyl (C=O) groups excluding carboxylic acids is 8. The molecule has 8 amide bonds. The quantitative estimate of drug-likeness (QED) is 0.0177. The number of hydrogen-bond acceptors (Lipinski definition) is 14. The van der Waals surface area contributed by atoms with Crippen LogP contribution in [0.2, 0.25) is 0 Å². The zero-order valence-electron chi connectivity index (χ0n) is 42.6. The number of carboxylic acids is 1. The second kappa shape index (κ2) is 32.5. The molecule has 0 unspecified atom stereocenters. The fraction of sp³-hybridized carbons (Fsp3) is 0.617.